The number of fused-ring (bicyclic) bond motifs is 3. The van der Waals surface area contributed by atoms with Crippen LogP contribution in [0.15, 0.2) is 127 Å². The number of rotatable bonds is 23. The standard InChI is InChI=1S/2C23H30N2O6.C14H15NO2.C9H17NO5.CH4/c2*1-23(2,3)31-22(28)25-19(14-29-4)20(26)24-18(21(27)30-5)13-15-10-11-16-8-6-7-9-17(16)12-15;1-17-14(16)13(15)9-10-6-7-11-4-2-3-5-12(11)8-10;1-9(2,3)15-8(13)10-6(5-14-4)7(11)12;/h2*6-12,18-19H,13-14H2,1-5H3,(H,24,26)(H,25,28);2-8,13H,9,15H2,1H3;6H,5H2,1-4H3,(H,10,13)(H,11,12);1H4/t2*18?,19-;;6-;/m00.0./s1. The van der Waals surface area contributed by atoms with Crippen LogP contribution < -0.4 is 32.3 Å². The van der Waals surface area contributed by atoms with E-state index in [1.54, 1.807) is 62.3 Å². The highest BCUT2D eigenvalue weighted by Crippen LogP contribution is 2.20. The molecule has 0 aliphatic carbocycles. The van der Waals surface area contributed by atoms with Crippen LogP contribution >= 0.6 is 0 Å². The lowest BCUT2D eigenvalue weighted by molar-refractivity contribution is -0.145. The molecule has 6 aromatic carbocycles. The fourth-order valence-electron chi connectivity index (χ4n) is 8.66. The van der Waals surface area contributed by atoms with Gasteiger partial charge in [-0.05, 0) is 118 Å². The van der Waals surface area contributed by atoms with Crippen molar-refractivity contribution < 1.29 is 90.9 Å². The summed E-state index contributed by atoms with van der Waals surface area (Å²) < 4.78 is 44.4. The van der Waals surface area contributed by atoms with E-state index >= 15 is 0 Å². The quantitative estimate of drug-likeness (QED) is 0.0234. The molecule has 0 heterocycles. The van der Waals surface area contributed by atoms with Gasteiger partial charge in [0.05, 0.1) is 41.2 Å². The maximum atomic E-state index is 12.8. The zero-order valence-corrected chi connectivity index (χ0v) is 56.2. The molecule has 0 aromatic heterocycles. The van der Waals surface area contributed by atoms with Gasteiger partial charge in [0, 0.05) is 34.2 Å². The van der Waals surface area contributed by atoms with Crippen molar-refractivity contribution in [2.75, 3.05) is 62.5 Å². The molecular formula is C70H96N6O19. The molecule has 8 N–H and O–H groups in total. The van der Waals surface area contributed by atoms with E-state index < -0.39 is 101 Å². The number of carboxylic acids is 1. The Bertz CT molecular complexity index is 3320. The van der Waals surface area contributed by atoms with E-state index in [9.17, 15) is 43.2 Å². The maximum Gasteiger partial charge on any atom is 0.408 e. The van der Waals surface area contributed by atoms with Crippen LogP contribution in [0, 0.1) is 0 Å². The van der Waals surface area contributed by atoms with Gasteiger partial charge >= 0.3 is 42.2 Å². The number of esters is 3. The number of amides is 5. The zero-order valence-electron chi connectivity index (χ0n) is 56.2. The molecule has 6 atom stereocenters. The van der Waals surface area contributed by atoms with Crippen LogP contribution in [0.25, 0.3) is 32.3 Å². The van der Waals surface area contributed by atoms with Crippen molar-refractivity contribution in [3.8, 4) is 0 Å². The number of nitrogens with one attached hydrogen (secondary N) is 5. The van der Waals surface area contributed by atoms with Crippen LogP contribution in [0.1, 0.15) is 86.4 Å². The van der Waals surface area contributed by atoms with Gasteiger partial charge in [-0.1, -0.05) is 135 Å². The van der Waals surface area contributed by atoms with Crippen molar-refractivity contribution in [3.63, 3.8) is 0 Å². The number of benzene rings is 6. The van der Waals surface area contributed by atoms with Gasteiger partial charge in [-0.25, -0.2) is 28.8 Å². The molecule has 25 nitrogen and oxygen atoms in total. The summed E-state index contributed by atoms with van der Waals surface area (Å²) in [6.45, 7) is 15.1. The van der Waals surface area contributed by atoms with Gasteiger partial charge in [-0.15, -0.1) is 0 Å². The second-order valence-corrected chi connectivity index (χ2v) is 24.3. The highest BCUT2D eigenvalue weighted by atomic mass is 16.6. The third kappa shape index (κ3) is 30.9. The minimum atomic E-state index is -1.16. The first-order valence-electron chi connectivity index (χ1n) is 29.9. The third-order valence-electron chi connectivity index (χ3n) is 12.9. The van der Waals surface area contributed by atoms with Gasteiger partial charge in [-0.2, -0.15) is 0 Å². The molecule has 0 bridgehead atoms. The molecule has 5 amide bonds. The lowest BCUT2D eigenvalue weighted by Crippen LogP contribution is -2.54. The van der Waals surface area contributed by atoms with Gasteiger partial charge in [-0.3, -0.25) is 14.4 Å². The number of carbonyl (C=O) groups excluding carboxylic acids is 8. The summed E-state index contributed by atoms with van der Waals surface area (Å²) >= 11 is 0. The Morgan fingerprint density at radius 2 is 0.653 bits per heavy atom. The summed E-state index contributed by atoms with van der Waals surface area (Å²) in [7, 11) is 8.03. The molecule has 6 rings (SSSR count). The van der Waals surface area contributed by atoms with Crippen LogP contribution in [0.2, 0.25) is 0 Å². The highest BCUT2D eigenvalue weighted by Gasteiger charge is 2.32. The Balaban J connectivity index is 0.000000450. The highest BCUT2D eigenvalue weighted by molar-refractivity contribution is 5.92. The Labute approximate surface area is 556 Å². The summed E-state index contributed by atoms with van der Waals surface area (Å²) in [4.78, 5) is 107. The monoisotopic (exact) mass is 1320 g/mol. The molecule has 95 heavy (non-hydrogen) atoms. The lowest BCUT2D eigenvalue weighted by Gasteiger charge is -2.24. The number of carboxylic acid groups (broad SMARTS) is 1. The van der Waals surface area contributed by atoms with Crippen molar-refractivity contribution in [1.29, 1.82) is 0 Å². The van der Waals surface area contributed by atoms with Crippen molar-refractivity contribution in [1.82, 2.24) is 26.6 Å². The van der Waals surface area contributed by atoms with Crippen molar-refractivity contribution in [2.45, 2.75) is 142 Å². The van der Waals surface area contributed by atoms with E-state index in [0.717, 1.165) is 43.6 Å². The molecule has 0 aliphatic heterocycles. The summed E-state index contributed by atoms with van der Waals surface area (Å²) in [6.07, 6.45) is -1.32. The van der Waals surface area contributed by atoms with Crippen LogP contribution in [0.5, 0.6) is 0 Å². The number of ether oxygens (including phenoxy) is 9. The predicted molar refractivity (Wildman–Crippen MR) is 360 cm³/mol. The van der Waals surface area contributed by atoms with Gasteiger partial charge in [0.1, 0.15) is 47.0 Å². The molecule has 6 aromatic rings. The number of nitrogens with two attached hydrogens (primary N) is 1. The molecule has 3 unspecified atom stereocenters. The van der Waals surface area contributed by atoms with E-state index in [4.69, 9.17) is 44.0 Å². The van der Waals surface area contributed by atoms with Gasteiger partial charge in [0.25, 0.3) is 0 Å². The van der Waals surface area contributed by atoms with E-state index in [1.807, 2.05) is 115 Å². The number of methoxy groups -OCH3 is 6. The SMILES string of the molecule is C.COC(=O)C(N)Cc1ccc2ccccc2c1.COC[C@H](NC(=O)OC(C)(C)C)C(=O)NC(Cc1ccc2ccccc2c1)C(=O)OC.COC[C@H](NC(=O)OC(C)(C)C)C(=O)NC(Cc1ccc2ccccc2c1)C(=O)OC.COC[C@H](NC(=O)OC(C)(C)C)C(=O)O. The first kappa shape index (κ1) is 81.7. The third-order valence-corrected chi connectivity index (χ3v) is 12.9. The number of alkyl carbamates (subject to hydrolysis) is 3. The molecule has 520 valence electrons. The molecule has 0 radical (unpaired) electrons. The minimum absolute atomic E-state index is 0. The first-order chi connectivity index (χ1) is 44.2. The van der Waals surface area contributed by atoms with Crippen LogP contribution in [-0.2, 0) is 90.7 Å². The molecule has 0 saturated heterocycles. The van der Waals surface area contributed by atoms with Crippen LogP contribution in [-0.4, -0.2) is 175 Å². The summed E-state index contributed by atoms with van der Waals surface area (Å²) in [5.74, 6) is -3.88. The largest absolute Gasteiger partial charge is 0.480 e. The average molecular weight is 1330 g/mol. The van der Waals surface area contributed by atoms with E-state index in [2.05, 4.69) is 48.2 Å². The second-order valence-electron chi connectivity index (χ2n) is 24.3. The Kier molecular flexibility index (Phi) is 34.4. The predicted octanol–water partition coefficient (Wildman–Crippen LogP) is 8.29. The first-order valence-corrected chi connectivity index (χ1v) is 29.9. The number of aliphatic carboxylic acids is 1. The van der Waals surface area contributed by atoms with E-state index in [-0.39, 0.29) is 46.1 Å². The average Bonchev–Trinajstić information content (AvgIpc) is 0.868. The fourth-order valence-corrected chi connectivity index (χ4v) is 8.66. The second kappa shape index (κ2) is 40.0. The summed E-state index contributed by atoms with van der Waals surface area (Å²) in [5, 5.41) is 27.7. The molecule has 0 aliphatic rings. The zero-order chi connectivity index (χ0) is 70.3. The Hall–Kier alpha value is -9.43. The fraction of sp³-hybridized carbons (Fsp3) is 0.443. The topological polar surface area (TPSA) is 343 Å². The number of hydrogen-bond donors (Lipinski definition) is 7. The van der Waals surface area contributed by atoms with Gasteiger partial charge in [0.2, 0.25) is 11.8 Å². The Morgan fingerprint density at radius 3 is 0.926 bits per heavy atom. The van der Waals surface area contributed by atoms with Crippen LogP contribution in [0.4, 0.5) is 14.4 Å². The molecule has 25 heteroatoms. The molecule has 0 saturated carbocycles. The normalized spacial score (nSPS) is 12.9. The maximum absolute atomic E-state index is 12.8. The molecule has 0 spiro atoms. The van der Waals surface area contributed by atoms with Crippen LogP contribution in [0.3, 0.4) is 0 Å². The van der Waals surface area contributed by atoms with Gasteiger partial charge in [0.15, 0.2) is 6.04 Å². The van der Waals surface area contributed by atoms with E-state index in [1.165, 1.54) is 48.0 Å². The van der Waals surface area contributed by atoms with Crippen molar-refractivity contribution >= 4 is 86.3 Å². The van der Waals surface area contributed by atoms with Gasteiger partial charge < -0.3 is 80.1 Å². The summed E-state index contributed by atoms with van der Waals surface area (Å²) in [6, 6.07) is 35.9. The van der Waals surface area contributed by atoms with Crippen molar-refractivity contribution in [3.05, 3.63) is 144 Å². The summed E-state index contributed by atoms with van der Waals surface area (Å²) in [5.41, 5.74) is 6.40. The molecule has 0 fully saturated rings. The number of carbonyl (C=O) groups is 9. The van der Waals surface area contributed by atoms with E-state index in [0.29, 0.717) is 6.42 Å². The smallest absolute Gasteiger partial charge is 0.408 e. The molecular weight excluding hydrogens is 1230 g/mol. The number of hydrogen-bond acceptors (Lipinski definition) is 19. The Morgan fingerprint density at radius 1 is 0.379 bits per heavy atom. The lowest BCUT2D eigenvalue weighted by atomic mass is 10.0. The minimum Gasteiger partial charge on any atom is -0.480 e. The van der Waals surface area contributed by atoms with Crippen molar-refractivity contribution in [2.24, 2.45) is 5.73 Å².